The number of pyridine rings is 1. The number of hydrogen-bond donors (Lipinski definition) is 3. The molecule has 2 atom stereocenters. The summed E-state index contributed by atoms with van der Waals surface area (Å²) in [5, 5.41) is 7.79. The zero-order valence-corrected chi connectivity index (χ0v) is 23.0. The number of aryl methyl sites for hydroxylation is 1. The fraction of sp³-hybridized carbons (Fsp3) is 0.241. The third-order valence-electron chi connectivity index (χ3n) is 6.92. The molecule has 3 heterocycles. The Morgan fingerprint density at radius 2 is 1.84 bits per heavy atom. The first-order valence-corrected chi connectivity index (χ1v) is 14.0. The van der Waals surface area contributed by atoms with Crippen LogP contribution in [-0.4, -0.2) is 32.7 Å². The predicted octanol–water partition coefficient (Wildman–Crippen LogP) is 5.83. The van der Waals surface area contributed by atoms with Crippen molar-refractivity contribution in [3.05, 3.63) is 106 Å². The molecular weight excluding hydrogens is 596 g/mol. The Kier molecular flexibility index (Phi) is 8.49. The van der Waals surface area contributed by atoms with E-state index in [2.05, 4.69) is 20.5 Å². The molecule has 0 saturated heterocycles. The van der Waals surface area contributed by atoms with Gasteiger partial charge in [0.25, 0.3) is 5.91 Å². The van der Waals surface area contributed by atoms with Crippen LogP contribution in [0.15, 0.2) is 54.7 Å². The number of thioether (sulfide) groups is 1. The summed E-state index contributed by atoms with van der Waals surface area (Å²) in [6, 6.07) is 8.61. The van der Waals surface area contributed by atoms with Crippen LogP contribution in [0.5, 0.6) is 0 Å². The summed E-state index contributed by atoms with van der Waals surface area (Å²) in [6.07, 6.45) is -3.48. The maximum atomic E-state index is 14.2. The maximum Gasteiger partial charge on any atom is 0.435 e. The molecule has 0 spiro atoms. The highest BCUT2D eigenvalue weighted by Crippen LogP contribution is 2.45. The van der Waals surface area contributed by atoms with Gasteiger partial charge >= 0.3 is 6.18 Å². The normalized spacial score (nSPS) is 15.5. The van der Waals surface area contributed by atoms with Gasteiger partial charge in [-0.3, -0.25) is 19.7 Å². The van der Waals surface area contributed by atoms with Crippen LogP contribution < -0.4 is 11.1 Å². The molecule has 2 aromatic carbocycles. The lowest BCUT2D eigenvalue weighted by molar-refractivity contribution is -0.142. The van der Waals surface area contributed by atoms with Crippen molar-refractivity contribution in [2.45, 2.75) is 36.7 Å². The smallest absolute Gasteiger partial charge is 0.366 e. The Morgan fingerprint density at radius 1 is 1.09 bits per heavy atom. The lowest BCUT2D eigenvalue weighted by Gasteiger charge is -2.25. The minimum absolute atomic E-state index is 0.0773. The Labute approximate surface area is 245 Å². The van der Waals surface area contributed by atoms with Gasteiger partial charge in [0.05, 0.1) is 17.3 Å². The second kappa shape index (κ2) is 12.1. The molecule has 4 N–H and O–H groups in total. The highest BCUT2D eigenvalue weighted by Gasteiger charge is 2.42. The number of aromatic amines is 1. The number of carbonyl (C=O) groups excluding carboxylic acids is 2. The molecule has 43 heavy (non-hydrogen) atoms. The number of amides is 2. The number of benzene rings is 2. The van der Waals surface area contributed by atoms with Gasteiger partial charge in [0, 0.05) is 40.8 Å². The molecule has 0 fully saturated rings. The molecule has 0 radical (unpaired) electrons. The number of fused-ring (bicyclic) bond motifs is 1. The van der Waals surface area contributed by atoms with Crippen molar-refractivity contribution in [2.75, 3.05) is 5.75 Å². The second-order valence-electron chi connectivity index (χ2n) is 9.87. The summed E-state index contributed by atoms with van der Waals surface area (Å²) in [4.78, 5) is 29.6. The van der Waals surface area contributed by atoms with E-state index in [1.54, 1.807) is 12.1 Å². The summed E-state index contributed by atoms with van der Waals surface area (Å²) < 4.78 is 83.3. The molecule has 0 saturated carbocycles. The minimum atomic E-state index is -4.72. The van der Waals surface area contributed by atoms with E-state index >= 15 is 0 Å². The first-order valence-electron chi connectivity index (χ1n) is 13.0. The van der Waals surface area contributed by atoms with Crippen molar-refractivity contribution in [1.29, 1.82) is 0 Å². The SMILES string of the molecule is NC(=O)c1cc(-c2cccnc2C(Cc2cc(F)cc(F)c2)NC(=O)C[C@@H]2SCCc3[nH]nc(C(F)(F)F)c32)ccc1F. The van der Waals surface area contributed by atoms with E-state index in [1.165, 1.54) is 30.1 Å². The van der Waals surface area contributed by atoms with Gasteiger partial charge in [0.15, 0.2) is 5.69 Å². The summed E-state index contributed by atoms with van der Waals surface area (Å²) in [5.74, 6) is -3.73. The molecule has 7 nitrogen and oxygen atoms in total. The largest absolute Gasteiger partial charge is 0.435 e. The predicted molar refractivity (Wildman–Crippen MR) is 146 cm³/mol. The molecule has 5 rings (SSSR count). The highest BCUT2D eigenvalue weighted by atomic mass is 32.2. The van der Waals surface area contributed by atoms with Crippen molar-refractivity contribution in [3.63, 3.8) is 0 Å². The molecule has 4 aromatic rings. The Bertz CT molecular complexity index is 1670. The fourth-order valence-electron chi connectivity index (χ4n) is 5.11. The van der Waals surface area contributed by atoms with Crippen LogP contribution in [0.2, 0.25) is 0 Å². The Morgan fingerprint density at radius 3 is 2.53 bits per heavy atom. The number of nitrogens with two attached hydrogens (primary N) is 1. The van der Waals surface area contributed by atoms with Gasteiger partial charge in [-0.1, -0.05) is 12.1 Å². The van der Waals surface area contributed by atoms with E-state index in [0.29, 0.717) is 35.1 Å². The van der Waals surface area contributed by atoms with Crippen LogP contribution in [0.25, 0.3) is 11.1 Å². The number of aromatic nitrogens is 3. The van der Waals surface area contributed by atoms with Gasteiger partial charge in [0.1, 0.15) is 17.5 Å². The van der Waals surface area contributed by atoms with Crippen LogP contribution in [0.3, 0.4) is 0 Å². The lowest BCUT2D eigenvalue weighted by atomic mass is 9.94. The van der Waals surface area contributed by atoms with Crippen LogP contribution >= 0.6 is 11.8 Å². The molecular formula is C29H23F6N5O2S. The maximum absolute atomic E-state index is 14.2. The second-order valence-corrected chi connectivity index (χ2v) is 11.2. The fourth-order valence-corrected chi connectivity index (χ4v) is 6.41. The van der Waals surface area contributed by atoms with Gasteiger partial charge < -0.3 is 11.1 Å². The third kappa shape index (κ3) is 6.69. The number of primary amides is 1. The van der Waals surface area contributed by atoms with Crippen molar-refractivity contribution in [2.24, 2.45) is 5.73 Å². The van der Waals surface area contributed by atoms with Gasteiger partial charge in [-0.15, -0.1) is 0 Å². The van der Waals surface area contributed by atoms with Crippen LogP contribution in [0, 0.1) is 17.5 Å². The number of alkyl halides is 3. The molecule has 1 aliphatic rings. The molecule has 1 aliphatic heterocycles. The summed E-state index contributed by atoms with van der Waals surface area (Å²) in [5.41, 5.74) is 5.13. The van der Waals surface area contributed by atoms with Crippen LogP contribution in [0.4, 0.5) is 26.3 Å². The summed E-state index contributed by atoms with van der Waals surface area (Å²) >= 11 is 1.19. The minimum Gasteiger partial charge on any atom is -0.366 e. The zero-order chi connectivity index (χ0) is 30.9. The van der Waals surface area contributed by atoms with Crippen molar-refractivity contribution in [3.8, 4) is 11.1 Å². The topological polar surface area (TPSA) is 114 Å². The molecule has 1 unspecified atom stereocenters. The van der Waals surface area contributed by atoms with Crippen LogP contribution in [0.1, 0.15) is 56.3 Å². The van der Waals surface area contributed by atoms with Crippen molar-refractivity contribution < 1.29 is 35.9 Å². The monoisotopic (exact) mass is 619 g/mol. The summed E-state index contributed by atoms with van der Waals surface area (Å²) in [7, 11) is 0. The van der Waals surface area contributed by atoms with E-state index in [1.807, 2.05) is 0 Å². The first kappa shape index (κ1) is 30.1. The average molecular weight is 620 g/mol. The molecule has 2 aromatic heterocycles. The van der Waals surface area contributed by atoms with Crippen LogP contribution in [-0.2, 0) is 23.8 Å². The standard InChI is InChI=1S/C29H23F6N5O2S/c30-16-8-14(9-17(31)12-16)10-22(26-18(2-1-6-37-26)15-3-4-20(32)19(11-15)28(36)42)38-24(41)13-23-25-21(5-7-43-23)39-40-27(25)29(33,34)35/h1-4,6,8-9,11-12,22-23H,5,7,10,13H2,(H2,36,42)(H,38,41)(H,39,40)/t22?,23-/m0/s1. The van der Waals surface area contributed by atoms with Gasteiger partial charge in [-0.2, -0.15) is 30.0 Å². The van der Waals surface area contributed by atoms with Crippen molar-refractivity contribution in [1.82, 2.24) is 20.5 Å². The first-order chi connectivity index (χ1) is 20.4. The van der Waals surface area contributed by atoms with Crippen molar-refractivity contribution >= 4 is 23.6 Å². The number of carbonyl (C=O) groups is 2. The number of H-pyrrole nitrogens is 1. The van der Waals surface area contributed by atoms with Gasteiger partial charge in [-0.05, 0) is 60.1 Å². The number of hydrogen-bond acceptors (Lipinski definition) is 5. The molecule has 14 heteroatoms. The Hall–Kier alpha value is -4.33. The summed E-state index contributed by atoms with van der Waals surface area (Å²) in [6.45, 7) is 0. The van der Waals surface area contributed by atoms with Gasteiger partial charge in [0.2, 0.25) is 5.91 Å². The number of nitrogens with zero attached hydrogens (tertiary/aromatic N) is 2. The highest BCUT2D eigenvalue weighted by molar-refractivity contribution is 7.99. The quantitative estimate of drug-likeness (QED) is 0.215. The Balaban J connectivity index is 1.51. The van der Waals surface area contributed by atoms with E-state index in [4.69, 9.17) is 5.73 Å². The number of rotatable bonds is 8. The van der Waals surface area contributed by atoms with E-state index in [9.17, 15) is 35.9 Å². The number of halogens is 6. The van der Waals surface area contributed by atoms with E-state index in [0.717, 1.165) is 18.2 Å². The zero-order valence-electron chi connectivity index (χ0n) is 22.1. The van der Waals surface area contributed by atoms with E-state index < -0.39 is 52.4 Å². The number of nitrogens with one attached hydrogen (secondary N) is 2. The molecule has 0 aliphatic carbocycles. The molecule has 2 amide bonds. The van der Waals surface area contributed by atoms with Gasteiger partial charge in [-0.25, -0.2) is 13.2 Å². The molecule has 0 bridgehead atoms. The third-order valence-corrected chi connectivity index (χ3v) is 8.17. The van der Waals surface area contributed by atoms with E-state index in [-0.39, 0.29) is 35.2 Å². The molecule has 224 valence electrons. The lowest BCUT2D eigenvalue weighted by Crippen LogP contribution is -2.32. The average Bonchev–Trinajstić information content (AvgIpc) is 3.38.